The van der Waals surface area contributed by atoms with Crippen LogP contribution in [0.5, 0.6) is 0 Å². The fraction of sp³-hybridized carbons (Fsp3) is 0.375. The van der Waals surface area contributed by atoms with E-state index in [9.17, 15) is 4.79 Å². The first-order chi connectivity index (χ1) is 10.1. The van der Waals surface area contributed by atoms with Gasteiger partial charge in [0.25, 0.3) is 0 Å². The maximum atomic E-state index is 10.8. The summed E-state index contributed by atoms with van der Waals surface area (Å²) in [5, 5.41) is 10.0. The van der Waals surface area contributed by atoms with Crippen molar-refractivity contribution in [2.75, 3.05) is 37.6 Å². The molecule has 0 aliphatic carbocycles. The van der Waals surface area contributed by atoms with Gasteiger partial charge < -0.3 is 10.0 Å². The molecular weight excluding hydrogens is 266 g/mol. The summed E-state index contributed by atoms with van der Waals surface area (Å²) in [6.07, 6.45) is 0. The molecule has 2 aromatic rings. The number of nitrogens with zero attached hydrogens (tertiary/aromatic N) is 3. The average Bonchev–Trinajstić information content (AvgIpc) is 2.46. The van der Waals surface area contributed by atoms with Crippen LogP contribution in [0.4, 0.5) is 5.69 Å². The first-order valence-electron chi connectivity index (χ1n) is 7.19. The molecule has 1 aliphatic heterocycles. The summed E-state index contributed by atoms with van der Waals surface area (Å²) >= 11 is 0. The Morgan fingerprint density at radius 2 is 1.95 bits per heavy atom. The van der Waals surface area contributed by atoms with E-state index in [1.807, 2.05) is 30.0 Å². The number of pyridine rings is 1. The van der Waals surface area contributed by atoms with Crippen molar-refractivity contribution in [2.45, 2.75) is 6.92 Å². The van der Waals surface area contributed by atoms with Crippen LogP contribution < -0.4 is 4.90 Å². The molecule has 1 fully saturated rings. The summed E-state index contributed by atoms with van der Waals surface area (Å²) in [4.78, 5) is 19.7. The number of carboxylic acids is 1. The Morgan fingerprint density at radius 1 is 1.24 bits per heavy atom. The van der Waals surface area contributed by atoms with Gasteiger partial charge in [-0.1, -0.05) is 18.2 Å². The first-order valence-corrected chi connectivity index (χ1v) is 7.19. The van der Waals surface area contributed by atoms with Gasteiger partial charge in [-0.05, 0) is 19.1 Å². The van der Waals surface area contributed by atoms with Crippen molar-refractivity contribution in [1.29, 1.82) is 0 Å². The Balaban J connectivity index is 1.84. The predicted octanol–water partition coefficient (Wildman–Crippen LogP) is 1.75. The van der Waals surface area contributed by atoms with Gasteiger partial charge in [0.05, 0.1) is 12.1 Å². The number of para-hydroxylation sites is 1. The number of benzene rings is 1. The number of carbonyl (C=O) groups is 1. The van der Waals surface area contributed by atoms with E-state index >= 15 is 0 Å². The molecule has 0 amide bonds. The molecule has 1 saturated heterocycles. The van der Waals surface area contributed by atoms with Crippen LogP contribution in [0.25, 0.3) is 10.9 Å². The molecule has 0 spiro atoms. The molecule has 1 N–H and O–H groups in total. The van der Waals surface area contributed by atoms with E-state index in [0.717, 1.165) is 42.8 Å². The highest BCUT2D eigenvalue weighted by Gasteiger charge is 2.20. The van der Waals surface area contributed by atoms with Gasteiger partial charge >= 0.3 is 5.97 Å². The number of carboxylic acid groups (broad SMARTS) is 1. The topological polar surface area (TPSA) is 56.7 Å². The van der Waals surface area contributed by atoms with Gasteiger partial charge in [0.1, 0.15) is 0 Å². The summed E-state index contributed by atoms with van der Waals surface area (Å²) in [5.74, 6) is -0.756. The molecule has 0 atom stereocenters. The normalized spacial score (nSPS) is 16.3. The molecule has 0 unspecified atom stereocenters. The molecule has 3 rings (SSSR count). The van der Waals surface area contributed by atoms with Gasteiger partial charge in [-0.25, -0.2) is 0 Å². The summed E-state index contributed by atoms with van der Waals surface area (Å²) in [6.45, 7) is 5.39. The number of hydrogen-bond donors (Lipinski definition) is 1. The van der Waals surface area contributed by atoms with Crippen LogP contribution in [-0.2, 0) is 4.79 Å². The lowest BCUT2D eigenvalue weighted by Crippen LogP contribution is -2.48. The zero-order valence-corrected chi connectivity index (χ0v) is 12.1. The minimum Gasteiger partial charge on any atom is -0.480 e. The predicted molar refractivity (Wildman–Crippen MR) is 82.8 cm³/mol. The Hall–Kier alpha value is -2.14. The quantitative estimate of drug-likeness (QED) is 0.931. The Kier molecular flexibility index (Phi) is 3.75. The van der Waals surface area contributed by atoms with Crippen molar-refractivity contribution in [3.63, 3.8) is 0 Å². The van der Waals surface area contributed by atoms with Crippen molar-refractivity contribution in [3.8, 4) is 0 Å². The van der Waals surface area contributed by atoms with Crippen molar-refractivity contribution >= 4 is 22.6 Å². The summed E-state index contributed by atoms with van der Waals surface area (Å²) < 4.78 is 0. The van der Waals surface area contributed by atoms with Crippen molar-refractivity contribution in [2.24, 2.45) is 0 Å². The zero-order valence-electron chi connectivity index (χ0n) is 12.1. The Morgan fingerprint density at radius 3 is 2.67 bits per heavy atom. The lowest BCUT2D eigenvalue weighted by atomic mass is 10.1. The van der Waals surface area contributed by atoms with Gasteiger partial charge in [0.2, 0.25) is 0 Å². The second-order valence-electron chi connectivity index (χ2n) is 5.46. The number of hydrogen-bond acceptors (Lipinski definition) is 4. The number of aromatic nitrogens is 1. The number of anilines is 1. The second kappa shape index (κ2) is 5.69. The number of fused-ring (bicyclic) bond motifs is 1. The van der Waals surface area contributed by atoms with Crippen molar-refractivity contribution in [3.05, 3.63) is 36.0 Å². The zero-order chi connectivity index (χ0) is 14.8. The molecule has 110 valence electrons. The van der Waals surface area contributed by atoms with Crippen LogP contribution in [0.15, 0.2) is 30.3 Å². The van der Waals surface area contributed by atoms with Crippen LogP contribution in [0.2, 0.25) is 0 Å². The largest absolute Gasteiger partial charge is 0.480 e. The van der Waals surface area contributed by atoms with E-state index in [1.54, 1.807) is 0 Å². The molecule has 0 bridgehead atoms. The van der Waals surface area contributed by atoms with E-state index in [-0.39, 0.29) is 6.54 Å². The third kappa shape index (κ3) is 2.97. The Bertz CT molecular complexity index is 664. The summed E-state index contributed by atoms with van der Waals surface area (Å²) in [5.41, 5.74) is 3.23. The van der Waals surface area contributed by atoms with E-state index in [1.165, 1.54) is 5.69 Å². The number of piperazine rings is 1. The third-order valence-electron chi connectivity index (χ3n) is 3.89. The van der Waals surface area contributed by atoms with Gasteiger partial charge in [0.15, 0.2) is 0 Å². The van der Waals surface area contributed by atoms with Crippen molar-refractivity contribution < 1.29 is 9.90 Å². The summed E-state index contributed by atoms with van der Waals surface area (Å²) in [7, 11) is 0. The van der Waals surface area contributed by atoms with Crippen LogP contribution in [0.3, 0.4) is 0 Å². The Labute approximate surface area is 123 Å². The van der Waals surface area contributed by atoms with E-state index in [0.29, 0.717) is 0 Å². The number of rotatable bonds is 3. The minimum atomic E-state index is -0.756. The standard InChI is InChI=1S/C16H19N3O2/c1-12-10-15(13-4-2-3-5-14(13)17-12)19-8-6-18(7-9-19)11-16(20)21/h2-5,10H,6-9,11H2,1H3,(H,20,21). The highest BCUT2D eigenvalue weighted by molar-refractivity contribution is 5.92. The lowest BCUT2D eigenvalue weighted by Gasteiger charge is -2.35. The molecule has 2 heterocycles. The van der Waals surface area contributed by atoms with Crippen LogP contribution in [-0.4, -0.2) is 53.7 Å². The molecule has 5 nitrogen and oxygen atoms in total. The molecular formula is C16H19N3O2. The van der Waals surface area contributed by atoms with Gasteiger partial charge in [-0.3, -0.25) is 14.7 Å². The molecule has 0 saturated carbocycles. The first kappa shape index (κ1) is 13.8. The van der Waals surface area contributed by atoms with E-state index in [2.05, 4.69) is 22.0 Å². The van der Waals surface area contributed by atoms with E-state index in [4.69, 9.17) is 5.11 Å². The smallest absolute Gasteiger partial charge is 0.317 e. The lowest BCUT2D eigenvalue weighted by molar-refractivity contribution is -0.138. The number of aliphatic carboxylic acids is 1. The molecule has 21 heavy (non-hydrogen) atoms. The number of aryl methyl sites for hydroxylation is 1. The highest BCUT2D eigenvalue weighted by Crippen LogP contribution is 2.27. The molecule has 1 aromatic carbocycles. The second-order valence-corrected chi connectivity index (χ2v) is 5.46. The van der Waals surface area contributed by atoms with Gasteiger partial charge in [-0.15, -0.1) is 0 Å². The van der Waals surface area contributed by atoms with Crippen LogP contribution in [0, 0.1) is 6.92 Å². The average molecular weight is 285 g/mol. The SMILES string of the molecule is Cc1cc(N2CCN(CC(=O)O)CC2)c2ccccc2n1. The van der Waals surface area contributed by atoms with Crippen molar-refractivity contribution in [1.82, 2.24) is 9.88 Å². The highest BCUT2D eigenvalue weighted by atomic mass is 16.4. The molecule has 1 aromatic heterocycles. The minimum absolute atomic E-state index is 0.129. The fourth-order valence-corrected chi connectivity index (χ4v) is 2.89. The maximum absolute atomic E-state index is 10.8. The van der Waals surface area contributed by atoms with Gasteiger partial charge in [0, 0.05) is 42.9 Å². The van der Waals surface area contributed by atoms with Crippen LogP contribution >= 0.6 is 0 Å². The molecule has 5 heteroatoms. The fourth-order valence-electron chi connectivity index (χ4n) is 2.89. The maximum Gasteiger partial charge on any atom is 0.317 e. The monoisotopic (exact) mass is 285 g/mol. The third-order valence-corrected chi connectivity index (χ3v) is 3.89. The van der Waals surface area contributed by atoms with E-state index < -0.39 is 5.97 Å². The van der Waals surface area contributed by atoms with Gasteiger partial charge in [-0.2, -0.15) is 0 Å². The molecule has 0 radical (unpaired) electrons. The summed E-state index contributed by atoms with van der Waals surface area (Å²) in [6, 6.07) is 10.3. The molecule has 1 aliphatic rings. The van der Waals surface area contributed by atoms with Crippen LogP contribution in [0.1, 0.15) is 5.69 Å².